The normalized spacial score (nSPS) is 12.2. The molecule has 0 aliphatic carbocycles. The Hall–Kier alpha value is -2.01. The van der Waals surface area contributed by atoms with Gasteiger partial charge in [0.1, 0.15) is 0 Å². The van der Waals surface area contributed by atoms with Crippen molar-refractivity contribution in [3.63, 3.8) is 0 Å². The molecule has 0 aliphatic heterocycles. The molecule has 0 aromatic carbocycles. The van der Waals surface area contributed by atoms with Crippen LogP contribution in [0.2, 0.25) is 0 Å². The van der Waals surface area contributed by atoms with E-state index in [-0.39, 0.29) is 6.04 Å². The number of nitrogens with zero attached hydrogens (tertiary/aromatic N) is 3. The van der Waals surface area contributed by atoms with Crippen LogP contribution < -0.4 is 10.1 Å². The summed E-state index contributed by atoms with van der Waals surface area (Å²) in [6.45, 7) is 2.02. The highest BCUT2D eigenvalue weighted by Crippen LogP contribution is 2.20. The number of aryl methyl sites for hydroxylation is 1. The van der Waals surface area contributed by atoms with Crippen molar-refractivity contribution in [2.24, 2.45) is 0 Å². The van der Waals surface area contributed by atoms with Gasteiger partial charge in [0.05, 0.1) is 18.8 Å². The van der Waals surface area contributed by atoms with E-state index < -0.39 is 0 Å². The summed E-state index contributed by atoms with van der Waals surface area (Å²) in [5, 5.41) is 11.4. The zero-order chi connectivity index (χ0) is 13.0. The number of ether oxygens (including phenoxy) is 1. The molecule has 5 nitrogen and oxygen atoms in total. The van der Waals surface area contributed by atoms with Crippen molar-refractivity contribution in [2.75, 3.05) is 14.2 Å². The van der Waals surface area contributed by atoms with Crippen molar-refractivity contribution in [3.05, 3.63) is 47.4 Å². The summed E-state index contributed by atoms with van der Waals surface area (Å²) in [5.74, 6) is 0.510. The molecule has 1 N–H and O–H groups in total. The molecule has 5 heteroatoms. The summed E-state index contributed by atoms with van der Waals surface area (Å²) < 4.78 is 5.00. The maximum Gasteiger partial charge on any atom is 0.233 e. The molecule has 0 saturated heterocycles. The van der Waals surface area contributed by atoms with E-state index in [0.717, 1.165) is 16.8 Å². The number of rotatable bonds is 4. The number of pyridine rings is 1. The van der Waals surface area contributed by atoms with Gasteiger partial charge >= 0.3 is 0 Å². The first-order valence-electron chi connectivity index (χ1n) is 5.71. The van der Waals surface area contributed by atoms with Gasteiger partial charge < -0.3 is 10.1 Å². The highest BCUT2D eigenvalue weighted by atomic mass is 16.5. The number of nitrogens with one attached hydrogen (secondary N) is 1. The predicted molar refractivity (Wildman–Crippen MR) is 68.5 cm³/mol. The summed E-state index contributed by atoms with van der Waals surface area (Å²) in [4.78, 5) is 4.20. The Morgan fingerprint density at radius 2 is 2.06 bits per heavy atom. The van der Waals surface area contributed by atoms with Gasteiger partial charge in [-0.3, -0.25) is 4.98 Å². The zero-order valence-electron chi connectivity index (χ0n) is 10.7. The van der Waals surface area contributed by atoms with E-state index in [4.69, 9.17) is 4.74 Å². The number of aromatic nitrogens is 3. The highest BCUT2D eigenvalue weighted by molar-refractivity contribution is 5.28. The summed E-state index contributed by atoms with van der Waals surface area (Å²) in [7, 11) is 3.46. The first-order valence-corrected chi connectivity index (χ1v) is 5.71. The Labute approximate surface area is 106 Å². The minimum Gasteiger partial charge on any atom is -0.480 e. The molecule has 0 saturated carbocycles. The molecule has 1 atom stereocenters. The van der Waals surface area contributed by atoms with Gasteiger partial charge in [-0.15, -0.1) is 10.2 Å². The monoisotopic (exact) mass is 244 g/mol. The van der Waals surface area contributed by atoms with E-state index in [2.05, 4.69) is 26.6 Å². The van der Waals surface area contributed by atoms with Crippen LogP contribution in [-0.4, -0.2) is 29.3 Å². The molecule has 2 aromatic rings. The van der Waals surface area contributed by atoms with E-state index in [0.29, 0.717) is 5.88 Å². The molecule has 0 amide bonds. The molecule has 18 heavy (non-hydrogen) atoms. The Morgan fingerprint density at radius 1 is 1.22 bits per heavy atom. The van der Waals surface area contributed by atoms with Crippen molar-refractivity contribution in [2.45, 2.75) is 13.0 Å². The van der Waals surface area contributed by atoms with Crippen LogP contribution in [0, 0.1) is 6.92 Å². The second-order valence-corrected chi connectivity index (χ2v) is 4.02. The maximum atomic E-state index is 5.00. The van der Waals surface area contributed by atoms with E-state index in [1.54, 1.807) is 13.2 Å². The van der Waals surface area contributed by atoms with Crippen LogP contribution in [0.1, 0.15) is 22.9 Å². The van der Waals surface area contributed by atoms with Crippen molar-refractivity contribution in [1.29, 1.82) is 0 Å². The van der Waals surface area contributed by atoms with Crippen LogP contribution in [0.5, 0.6) is 5.88 Å². The number of hydrogen-bond donors (Lipinski definition) is 1. The van der Waals surface area contributed by atoms with Gasteiger partial charge in [-0.25, -0.2) is 0 Å². The van der Waals surface area contributed by atoms with Gasteiger partial charge in [0, 0.05) is 18.5 Å². The van der Waals surface area contributed by atoms with Gasteiger partial charge in [0.2, 0.25) is 5.88 Å². The van der Waals surface area contributed by atoms with Gasteiger partial charge in [-0.05, 0) is 31.2 Å². The van der Waals surface area contributed by atoms with Crippen LogP contribution >= 0.6 is 0 Å². The molecule has 1 unspecified atom stereocenters. The van der Waals surface area contributed by atoms with Crippen LogP contribution in [0.4, 0.5) is 0 Å². The molecule has 2 aromatic heterocycles. The fourth-order valence-electron chi connectivity index (χ4n) is 1.81. The third-order valence-corrected chi connectivity index (χ3v) is 2.68. The fourth-order valence-corrected chi connectivity index (χ4v) is 1.81. The second kappa shape index (κ2) is 5.55. The van der Waals surface area contributed by atoms with Crippen molar-refractivity contribution in [3.8, 4) is 5.88 Å². The largest absolute Gasteiger partial charge is 0.480 e. The molecule has 0 radical (unpaired) electrons. The predicted octanol–water partition coefficient (Wildman–Crippen LogP) is 1.50. The topological polar surface area (TPSA) is 59.9 Å². The Balaban J connectivity index is 2.32. The third-order valence-electron chi connectivity index (χ3n) is 2.68. The zero-order valence-corrected chi connectivity index (χ0v) is 10.7. The Bertz CT molecular complexity index is 513. The number of methoxy groups -OCH3 is 1. The fraction of sp³-hybridized carbons (Fsp3) is 0.308. The van der Waals surface area contributed by atoms with Gasteiger partial charge in [0.15, 0.2) is 0 Å². The van der Waals surface area contributed by atoms with Gasteiger partial charge in [-0.1, -0.05) is 6.07 Å². The van der Waals surface area contributed by atoms with Gasteiger partial charge in [0.25, 0.3) is 0 Å². The van der Waals surface area contributed by atoms with E-state index >= 15 is 0 Å². The maximum absolute atomic E-state index is 5.00. The summed E-state index contributed by atoms with van der Waals surface area (Å²) in [5.41, 5.74) is 3.02. The molecule has 0 fully saturated rings. The van der Waals surface area contributed by atoms with E-state index in [1.807, 2.05) is 32.4 Å². The lowest BCUT2D eigenvalue weighted by molar-refractivity contribution is 0.390. The SMILES string of the molecule is CNC(c1cncc(C)c1)c1ccc(OC)nn1. The van der Waals surface area contributed by atoms with E-state index in [9.17, 15) is 0 Å². The van der Waals surface area contributed by atoms with Crippen LogP contribution in [0.15, 0.2) is 30.6 Å². The lowest BCUT2D eigenvalue weighted by Gasteiger charge is -2.15. The molecular formula is C13H16N4O. The molecule has 0 bridgehead atoms. The molecular weight excluding hydrogens is 228 g/mol. The molecule has 2 heterocycles. The molecule has 2 rings (SSSR count). The van der Waals surface area contributed by atoms with Crippen molar-refractivity contribution in [1.82, 2.24) is 20.5 Å². The van der Waals surface area contributed by atoms with Gasteiger partial charge in [-0.2, -0.15) is 0 Å². The molecule has 94 valence electrons. The Morgan fingerprint density at radius 3 is 2.61 bits per heavy atom. The Kier molecular flexibility index (Phi) is 3.84. The quantitative estimate of drug-likeness (QED) is 0.883. The van der Waals surface area contributed by atoms with E-state index in [1.165, 1.54) is 0 Å². The van der Waals surface area contributed by atoms with Crippen LogP contribution in [0.3, 0.4) is 0 Å². The minimum absolute atomic E-state index is 0.0178. The second-order valence-electron chi connectivity index (χ2n) is 4.02. The third kappa shape index (κ3) is 2.62. The van der Waals surface area contributed by atoms with Crippen LogP contribution in [-0.2, 0) is 0 Å². The standard InChI is InChI=1S/C13H16N4O/c1-9-6-10(8-15-7-9)13(14-2)11-4-5-12(18-3)17-16-11/h4-8,13-14H,1-3H3. The first kappa shape index (κ1) is 12.4. The highest BCUT2D eigenvalue weighted by Gasteiger charge is 2.14. The van der Waals surface area contributed by atoms with Crippen LogP contribution in [0.25, 0.3) is 0 Å². The first-order chi connectivity index (χ1) is 8.74. The summed E-state index contributed by atoms with van der Waals surface area (Å²) in [6.07, 6.45) is 3.66. The lowest BCUT2D eigenvalue weighted by atomic mass is 10.0. The number of hydrogen-bond acceptors (Lipinski definition) is 5. The van der Waals surface area contributed by atoms with Crippen molar-refractivity contribution >= 4 is 0 Å². The average molecular weight is 244 g/mol. The minimum atomic E-state index is -0.0178. The average Bonchev–Trinajstić information content (AvgIpc) is 2.40. The van der Waals surface area contributed by atoms with Crippen molar-refractivity contribution < 1.29 is 4.74 Å². The smallest absolute Gasteiger partial charge is 0.233 e. The molecule has 0 spiro atoms. The summed E-state index contributed by atoms with van der Waals surface area (Å²) in [6, 6.07) is 5.77. The summed E-state index contributed by atoms with van der Waals surface area (Å²) >= 11 is 0. The molecule has 0 aliphatic rings. The lowest BCUT2D eigenvalue weighted by Crippen LogP contribution is -2.19.